The maximum atomic E-state index is 13.3. The van der Waals surface area contributed by atoms with Crippen LogP contribution >= 0.6 is 0 Å². The highest BCUT2D eigenvalue weighted by Crippen LogP contribution is 2.37. The summed E-state index contributed by atoms with van der Waals surface area (Å²) in [4.78, 5) is 23.3. The molecule has 2 unspecified atom stereocenters. The summed E-state index contributed by atoms with van der Waals surface area (Å²) in [6.45, 7) is 4.41. The lowest BCUT2D eigenvalue weighted by molar-refractivity contribution is -0.122. The molecule has 0 aliphatic heterocycles. The summed E-state index contributed by atoms with van der Waals surface area (Å²) >= 11 is 0. The van der Waals surface area contributed by atoms with Gasteiger partial charge in [0.15, 0.2) is 0 Å². The first kappa shape index (κ1) is 14.5. The Morgan fingerprint density at radius 2 is 1.95 bits per heavy atom. The summed E-state index contributed by atoms with van der Waals surface area (Å²) in [6, 6.07) is 4.37. The number of hydrogen-bond acceptors (Lipinski definition) is 2. The van der Waals surface area contributed by atoms with Crippen molar-refractivity contribution in [2.75, 3.05) is 13.1 Å². The van der Waals surface area contributed by atoms with Gasteiger partial charge in [0.05, 0.1) is 0 Å². The fourth-order valence-corrected chi connectivity index (χ4v) is 2.02. The Bertz CT molecular complexity index is 531. The molecule has 2 atom stereocenters. The summed E-state index contributed by atoms with van der Waals surface area (Å²) in [5, 5.41) is 5.43. The minimum absolute atomic E-state index is 0.0492. The SMILES string of the molecule is Cc1ccc(C(=O)NCCNC(=O)C2CC2C)cc1F. The number of aryl methyl sites for hydroxylation is 1. The van der Waals surface area contributed by atoms with E-state index in [1.54, 1.807) is 19.1 Å². The van der Waals surface area contributed by atoms with Crippen molar-refractivity contribution in [3.8, 4) is 0 Å². The zero-order chi connectivity index (χ0) is 14.7. The first-order valence-corrected chi connectivity index (χ1v) is 6.81. The molecule has 0 spiro atoms. The van der Waals surface area contributed by atoms with Gasteiger partial charge in [-0.3, -0.25) is 9.59 Å². The van der Waals surface area contributed by atoms with Crippen LogP contribution in [0, 0.1) is 24.6 Å². The average Bonchev–Trinajstić information content (AvgIpc) is 3.14. The van der Waals surface area contributed by atoms with Crippen molar-refractivity contribution < 1.29 is 14.0 Å². The molecule has 0 saturated heterocycles. The monoisotopic (exact) mass is 278 g/mol. The number of carbonyl (C=O) groups is 2. The molecule has 4 nitrogen and oxygen atoms in total. The maximum Gasteiger partial charge on any atom is 0.251 e. The van der Waals surface area contributed by atoms with Gasteiger partial charge < -0.3 is 10.6 Å². The molecule has 0 bridgehead atoms. The van der Waals surface area contributed by atoms with Crippen molar-refractivity contribution in [2.24, 2.45) is 11.8 Å². The molecule has 0 heterocycles. The number of nitrogens with one attached hydrogen (secondary N) is 2. The Kier molecular flexibility index (Phi) is 4.37. The van der Waals surface area contributed by atoms with Crippen LogP contribution < -0.4 is 10.6 Å². The summed E-state index contributed by atoms with van der Waals surface area (Å²) in [5.41, 5.74) is 0.794. The number of carbonyl (C=O) groups excluding carboxylic acids is 2. The molecule has 5 heteroatoms. The Morgan fingerprint density at radius 3 is 2.55 bits per heavy atom. The van der Waals surface area contributed by atoms with Gasteiger partial charge in [-0.1, -0.05) is 13.0 Å². The van der Waals surface area contributed by atoms with E-state index >= 15 is 0 Å². The van der Waals surface area contributed by atoms with E-state index in [2.05, 4.69) is 10.6 Å². The van der Waals surface area contributed by atoms with Crippen LogP contribution in [0.25, 0.3) is 0 Å². The van der Waals surface area contributed by atoms with Crippen LogP contribution in [0.1, 0.15) is 29.3 Å². The number of halogens is 1. The first-order valence-electron chi connectivity index (χ1n) is 6.81. The van der Waals surface area contributed by atoms with Gasteiger partial charge in [-0.05, 0) is 37.0 Å². The lowest BCUT2D eigenvalue weighted by atomic mass is 10.1. The van der Waals surface area contributed by atoms with Gasteiger partial charge in [-0.15, -0.1) is 0 Å². The number of amides is 2. The van der Waals surface area contributed by atoms with E-state index in [0.29, 0.717) is 24.6 Å². The molecule has 1 fully saturated rings. The van der Waals surface area contributed by atoms with Gasteiger partial charge in [-0.2, -0.15) is 0 Å². The molecule has 1 saturated carbocycles. The highest BCUT2D eigenvalue weighted by Gasteiger charge is 2.38. The van der Waals surface area contributed by atoms with Gasteiger partial charge in [0.2, 0.25) is 5.91 Å². The van der Waals surface area contributed by atoms with Crippen molar-refractivity contribution >= 4 is 11.8 Å². The van der Waals surface area contributed by atoms with Gasteiger partial charge in [0.1, 0.15) is 5.82 Å². The lowest BCUT2D eigenvalue weighted by Gasteiger charge is -2.07. The van der Waals surface area contributed by atoms with Crippen LogP contribution in [0.5, 0.6) is 0 Å². The molecule has 2 N–H and O–H groups in total. The Morgan fingerprint density at radius 1 is 1.30 bits per heavy atom. The third-order valence-corrected chi connectivity index (χ3v) is 3.59. The molecular weight excluding hydrogens is 259 g/mol. The quantitative estimate of drug-likeness (QED) is 0.804. The van der Waals surface area contributed by atoms with E-state index in [4.69, 9.17) is 0 Å². The fourth-order valence-electron chi connectivity index (χ4n) is 2.02. The lowest BCUT2D eigenvalue weighted by Crippen LogP contribution is -2.35. The van der Waals surface area contributed by atoms with Gasteiger partial charge in [0, 0.05) is 24.6 Å². The van der Waals surface area contributed by atoms with Crippen LogP contribution in [0.15, 0.2) is 18.2 Å². The van der Waals surface area contributed by atoms with E-state index in [9.17, 15) is 14.0 Å². The third kappa shape index (κ3) is 3.56. The third-order valence-electron chi connectivity index (χ3n) is 3.59. The van der Waals surface area contributed by atoms with Crippen molar-refractivity contribution in [1.29, 1.82) is 0 Å². The Labute approximate surface area is 117 Å². The van der Waals surface area contributed by atoms with Gasteiger partial charge >= 0.3 is 0 Å². The molecule has 108 valence electrons. The highest BCUT2D eigenvalue weighted by atomic mass is 19.1. The minimum atomic E-state index is -0.395. The molecule has 1 aromatic rings. The predicted octanol–water partition coefficient (Wildman–Crippen LogP) is 1.64. The molecular formula is C15H19FN2O2. The zero-order valence-electron chi connectivity index (χ0n) is 11.7. The first-order chi connectivity index (χ1) is 9.49. The van der Waals surface area contributed by atoms with E-state index in [1.165, 1.54) is 6.07 Å². The maximum absolute atomic E-state index is 13.3. The molecule has 0 radical (unpaired) electrons. The van der Waals surface area contributed by atoms with Crippen molar-refractivity contribution in [1.82, 2.24) is 10.6 Å². The van der Waals surface area contributed by atoms with Crippen molar-refractivity contribution in [2.45, 2.75) is 20.3 Å². The number of rotatable bonds is 5. The van der Waals surface area contributed by atoms with Crippen LogP contribution in [-0.4, -0.2) is 24.9 Å². The van der Waals surface area contributed by atoms with Crippen molar-refractivity contribution in [3.63, 3.8) is 0 Å². The predicted molar refractivity (Wildman–Crippen MR) is 73.8 cm³/mol. The van der Waals surface area contributed by atoms with E-state index < -0.39 is 5.82 Å². The molecule has 2 amide bonds. The summed E-state index contributed by atoms with van der Waals surface area (Å²) in [7, 11) is 0. The molecule has 0 aromatic heterocycles. The van der Waals surface area contributed by atoms with E-state index in [-0.39, 0.29) is 23.3 Å². The molecule has 20 heavy (non-hydrogen) atoms. The van der Waals surface area contributed by atoms with Gasteiger partial charge in [-0.25, -0.2) is 4.39 Å². The molecule has 1 aliphatic rings. The van der Waals surface area contributed by atoms with Crippen molar-refractivity contribution in [3.05, 3.63) is 35.1 Å². The minimum Gasteiger partial charge on any atom is -0.354 e. The van der Waals surface area contributed by atoms with Crippen LogP contribution in [0.3, 0.4) is 0 Å². The molecule has 1 aromatic carbocycles. The van der Waals surface area contributed by atoms with Crippen LogP contribution in [0.4, 0.5) is 4.39 Å². The summed E-state index contributed by atoms with van der Waals surface area (Å²) in [5.74, 6) is -0.0724. The second-order valence-electron chi connectivity index (χ2n) is 5.33. The number of benzene rings is 1. The van der Waals surface area contributed by atoms with Gasteiger partial charge in [0.25, 0.3) is 5.91 Å². The second-order valence-corrected chi connectivity index (χ2v) is 5.33. The Balaban J connectivity index is 1.72. The fraction of sp³-hybridized carbons (Fsp3) is 0.467. The highest BCUT2D eigenvalue weighted by molar-refractivity contribution is 5.94. The molecule has 2 rings (SSSR count). The smallest absolute Gasteiger partial charge is 0.251 e. The standard InChI is InChI=1S/C15H19FN2O2/c1-9-3-4-11(8-13(9)16)14(19)17-5-6-18-15(20)12-7-10(12)2/h3-4,8,10,12H,5-7H2,1-2H3,(H,17,19)(H,18,20). The Hall–Kier alpha value is -1.91. The summed E-state index contributed by atoms with van der Waals surface area (Å²) < 4.78 is 13.3. The zero-order valence-corrected chi connectivity index (χ0v) is 11.7. The largest absolute Gasteiger partial charge is 0.354 e. The average molecular weight is 278 g/mol. The van der Waals surface area contributed by atoms with Crippen LogP contribution in [-0.2, 0) is 4.79 Å². The second kappa shape index (κ2) is 6.03. The summed E-state index contributed by atoms with van der Waals surface area (Å²) in [6.07, 6.45) is 0.945. The topological polar surface area (TPSA) is 58.2 Å². The van der Waals surface area contributed by atoms with E-state index in [0.717, 1.165) is 6.42 Å². The van der Waals surface area contributed by atoms with Crippen LogP contribution in [0.2, 0.25) is 0 Å². The molecule has 1 aliphatic carbocycles. The van der Waals surface area contributed by atoms with E-state index in [1.807, 2.05) is 6.92 Å². The normalized spacial score (nSPS) is 20.4. The number of hydrogen-bond donors (Lipinski definition) is 2.